The van der Waals surface area contributed by atoms with Gasteiger partial charge in [-0.15, -0.1) is 0 Å². The molecule has 0 aliphatic heterocycles. The van der Waals surface area contributed by atoms with Gasteiger partial charge in [-0.25, -0.2) is 4.79 Å². The predicted molar refractivity (Wildman–Crippen MR) is 88.6 cm³/mol. The number of ether oxygens (including phenoxy) is 1. The van der Waals surface area contributed by atoms with Crippen LogP contribution in [0, 0.1) is 11.3 Å². The van der Waals surface area contributed by atoms with Gasteiger partial charge in [0.05, 0.1) is 12.7 Å². The number of carbonyl (C=O) groups excluding carboxylic acids is 1. The van der Waals surface area contributed by atoms with Crippen molar-refractivity contribution in [2.24, 2.45) is 0 Å². The van der Waals surface area contributed by atoms with Crippen LogP contribution < -0.4 is 10.1 Å². The van der Waals surface area contributed by atoms with E-state index in [-0.39, 0.29) is 11.1 Å². The third-order valence-corrected chi connectivity index (χ3v) is 3.18. The fourth-order valence-electron chi connectivity index (χ4n) is 1.91. The number of nitrogens with zero attached hydrogens (tertiary/aromatic N) is 1. The van der Waals surface area contributed by atoms with E-state index < -0.39 is 11.9 Å². The molecule has 2 rings (SSSR count). The molecule has 0 aliphatic rings. The number of carbonyl (C=O) groups is 2. The van der Waals surface area contributed by atoms with Crippen molar-refractivity contribution in [2.45, 2.75) is 0 Å². The Morgan fingerprint density at radius 2 is 1.75 bits per heavy atom. The van der Waals surface area contributed by atoms with E-state index in [4.69, 9.17) is 9.84 Å². The normalized spacial score (nSPS) is 10.6. The van der Waals surface area contributed by atoms with E-state index in [2.05, 4.69) is 5.32 Å². The summed E-state index contributed by atoms with van der Waals surface area (Å²) in [5.41, 5.74) is 1.13. The summed E-state index contributed by atoms with van der Waals surface area (Å²) in [6.07, 6.45) is 1.46. The van der Waals surface area contributed by atoms with E-state index >= 15 is 0 Å². The van der Waals surface area contributed by atoms with Crippen molar-refractivity contribution in [1.82, 2.24) is 0 Å². The van der Waals surface area contributed by atoms with Gasteiger partial charge in [0.15, 0.2) is 0 Å². The fourth-order valence-corrected chi connectivity index (χ4v) is 1.91. The van der Waals surface area contributed by atoms with Gasteiger partial charge in [0.25, 0.3) is 5.91 Å². The van der Waals surface area contributed by atoms with E-state index in [1.54, 1.807) is 31.4 Å². The number of nitrogens with one attached hydrogen (secondary N) is 1. The van der Waals surface area contributed by atoms with Gasteiger partial charge in [0.1, 0.15) is 17.4 Å². The van der Waals surface area contributed by atoms with Crippen molar-refractivity contribution in [2.75, 3.05) is 12.4 Å². The maximum absolute atomic E-state index is 12.1. The number of hydrogen-bond donors (Lipinski definition) is 2. The Kier molecular flexibility index (Phi) is 5.32. The quantitative estimate of drug-likeness (QED) is 0.651. The summed E-state index contributed by atoms with van der Waals surface area (Å²) in [7, 11) is 1.55. The van der Waals surface area contributed by atoms with Crippen molar-refractivity contribution in [3.63, 3.8) is 0 Å². The molecule has 24 heavy (non-hydrogen) atoms. The second-order valence-electron chi connectivity index (χ2n) is 4.78. The number of rotatable bonds is 5. The van der Waals surface area contributed by atoms with Gasteiger partial charge in [-0.2, -0.15) is 5.26 Å². The zero-order valence-corrected chi connectivity index (χ0v) is 12.8. The number of amides is 1. The molecular formula is C18H14N2O4. The summed E-state index contributed by atoms with van der Waals surface area (Å²) in [4.78, 5) is 22.9. The van der Waals surface area contributed by atoms with Crippen LogP contribution in [0.3, 0.4) is 0 Å². The van der Waals surface area contributed by atoms with Crippen LogP contribution in [0.4, 0.5) is 5.69 Å². The lowest BCUT2D eigenvalue weighted by molar-refractivity contribution is -0.112. The molecule has 0 unspecified atom stereocenters. The molecule has 0 atom stereocenters. The first-order valence-electron chi connectivity index (χ1n) is 6.94. The minimum atomic E-state index is -1.05. The number of benzene rings is 2. The maximum Gasteiger partial charge on any atom is 0.335 e. The van der Waals surface area contributed by atoms with Crippen LogP contribution >= 0.6 is 0 Å². The number of nitriles is 1. The summed E-state index contributed by atoms with van der Waals surface area (Å²) >= 11 is 0. The highest BCUT2D eigenvalue weighted by molar-refractivity contribution is 6.09. The summed E-state index contributed by atoms with van der Waals surface area (Å²) in [6.45, 7) is 0. The smallest absolute Gasteiger partial charge is 0.335 e. The molecule has 6 nitrogen and oxygen atoms in total. The first kappa shape index (κ1) is 16.8. The molecule has 1 amide bonds. The van der Waals surface area contributed by atoms with Crippen LogP contribution in [0.5, 0.6) is 5.75 Å². The highest BCUT2D eigenvalue weighted by Crippen LogP contribution is 2.15. The fraction of sp³-hybridized carbons (Fsp3) is 0.0556. The lowest BCUT2D eigenvalue weighted by Crippen LogP contribution is -2.13. The predicted octanol–water partition coefficient (Wildman–Crippen LogP) is 2.94. The molecule has 120 valence electrons. The highest BCUT2D eigenvalue weighted by atomic mass is 16.5. The van der Waals surface area contributed by atoms with Gasteiger partial charge in [0, 0.05) is 5.69 Å². The Morgan fingerprint density at radius 1 is 1.12 bits per heavy atom. The Bertz CT molecular complexity index is 816. The molecule has 0 radical (unpaired) electrons. The molecule has 0 bridgehead atoms. The summed E-state index contributed by atoms with van der Waals surface area (Å²) in [6, 6.07) is 14.4. The molecule has 0 aromatic heterocycles. The molecule has 0 spiro atoms. The molecule has 2 N–H and O–H groups in total. The maximum atomic E-state index is 12.1. The lowest BCUT2D eigenvalue weighted by atomic mass is 10.1. The molecule has 0 saturated heterocycles. The summed E-state index contributed by atoms with van der Waals surface area (Å²) in [5.74, 6) is -0.949. The Balaban J connectivity index is 2.14. The van der Waals surface area contributed by atoms with Crippen LogP contribution in [0.25, 0.3) is 6.08 Å². The molecule has 0 saturated carbocycles. The zero-order chi connectivity index (χ0) is 17.5. The largest absolute Gasteiger partial charge is 0.497 e. The van der Waals surface area contributed by atoms with Gasteiger partial charge in [0.2, 0.25) is 0 Å². The summed E-state index contributed by atoms with van der Waals surface area (Å²) < 4.78 is 5.05. The van der Waals surface area contributed by atoms with Gasteiger partial charge in [-0.1, -0.05) is 12.1 Å². The minimum Gasteiger partial charge on any atom is -0.497 e. The van der Waals surface area contributed by atoms with Gasteiger partial charge >= 0.3 is 5.97 Å². The Labute approximate surface area is 138 Å². The second-order valence-corrected chi connectivity index (χ2v) is 4.78. The number of carboxylic acids is 1. The second kappa shape index (κ2) is 7.61. The van der Waals surface area contributed by atoms with Crippen LogP contribution in [0.2, 0.25) is 0 Å². The number of carboxylic acid groups (broad SMARTS) is 1. The topological polar surface area (TPSA) is 99.4 Å². The standard InChI is InChI=1S/C18H14N2O4/c1-24-16-8-2-12(3-9-16)10-14(11-19)17(21)20-15-6-4-13(5-7-15)18(22)23/h2-10H,1H3,(H,20,21)(H,22,23)/b14-10+. The number of methoxy groups -OCH3 is 1. The van der Waals surface area contributed by atoms with E-state index in [9.17, 15) is 14.9 Å². The number of hydrogen-bond acceptors (Lipinski definition) is 4. The monoisotopic (exact) mass is 322 g/mol. The number of anilines is 1. The lowest BCUT2D eigenvalue weighted by Gasteiger charge is -2.05. The molecule has 0 aliphatic carbocycles. The first-order valence-corrected chi connectivity index (χ1v) is 6.94. The molecular weight excluding hydrogens is 308 g/mol. The van der Waals surface area contributed by atoms with Gasteiger partial charge < -0.3 is 15.2 Å². The van der Waals surface area contributed by atoms with Crippen molar-refractivity contribution in [3.8, 4) is 11.8 Å². The van der Waals surface area contributed by atoms with E-state index in [0.717, 1.165) is 0 Å². The average molecular weight is 322 g/mol. The number of aromatic carboxylic acids is 1. The van der Waals surface area contributed by atoms with Crippen molar-refractivity contribution < 1.29 is 19.4 Å². The van der Waals surface area contributed by atoms with E-state index in [0.29, 0.717) is 17.0 Å². The third kappa shape index (κ3) is 4.21. The minimum absolute atomic E-state index is 0.0672. The van der Waals surface area contributed by atoms with E-state index in [1.807, 2.05) is 6.07 Å². The van der Waals surface area contributed by atoms with Crippen LogP contribution in [-0.2, 0) is 4.79 Å². The van der Waals surface area contributed by atoms with Crippen molar-refractivity contribution in [3.05, 3.63) is 65.2 Å². The van der Waals surface area contributed by atoms with Gasteiger partial charge in [-0.3, -0.25) is 4.79 Å². The van der Waals surface area contributed by atoms with Crippen LogP contribution in [0.1, 0.15) is 15.9 Å². The molecule has 0 heterocycles. The molecule has 2 aromatic rings. The van der Waals surface area contributed by atoms with E-state index in [1.165, 1.54) is 30.3 Å². The first-order chi connectivity index (χ1) is 11.5. The Morgan fingerprint density at radius 3 is 2.25 bits per heavy atom. The third-order valence-electron chi connectivity index (χ3n) is 3.18. The average Bonchev–Trinajstić information content (AvgIpc) is 2.60. The Hall–Kier alpha value is -3.59. The molecule has 2 aromatic carbocycles. The zero-order valence-electron chi connectivity index (χ0n) is 12.8. The van der Waals surface area contributed by atoms with Gasteiger partial charge in [-0.05, 0) is 48.0 Å². The van der Waals surface area contributed by atoms with Crippen molar-refractivity contribution >= 4 is 23.6 Å². The van der Waals surface area contributed by atoms with Crippen molar-refractivity contribution in [1.29, 1.82) is 5.26 Å². The SMILES string of the molecule is COc1ccc(/C=C(\C#N)C(=O)Nc2ccc(C(=O)O)cc2)cc1. The molecule has 6 heteroatoms. The highest BCUT2D eigenvalue weighted by Gasteiger charge is 2.10. The van der Waals surface area contributed by atoms with Crippen LogP contribution in [-0.4, -0.2) is 24.1 Å². The molecule has 0 fully saturated rings. The van der Waals surface area contributed by atoms with Crippen LogP contribution in [0.15, 0.2) is 54.1 Å². The summed E-state index contributed by atoms with van der Waals surface area (Å²) in [5, 5.41) is 20.6.